The Bertz CT molecular complexity index is 511. The van der Waals surface area contributed by atoms with Crippen molar-refractivity contribution in [2.45, 2.75) is 39.2 Å². The summed E-state index contributed by atoms with van der Waals surface area (Å²) >= 11 is 0. The Hall–Kier alpha value is -2.37. The molecule has 0 aromatic heterocycles. The second-order valence-corrected chi connectivity index (χ2v) is 4.90. The lowest BCUT2D eigenvalue weighted by atomic mass is 10.1. The van der Waals surface area contributed by atoms with Crippen LogP contribution in [0, 0.1) is 6.92 Å². The number of primary amides is 1. The molecule has 6 heteroatoms. The van der Waals surface area contributed by atoms with Crippen molar-refractivity contribution in [2.75, 3.05) is 5.32 Å². The van der Waals surface area contributed by atoms with Crippen LogP contribution in [0.3, 0.4) is 0 Å². The molecule has 1 rings (SSSR count). The van der Waals surface area contributed by atoms with Crippen molar-refractivity contribution in [3.63, 3.8) is 0 Å². The molecule has 0 heterocycles. The maximum absolute atomic E-state index is 12.1. The zero-order valence-corrected chi connectivity index (χ0v) is 12.3. The Morgan fingerprint density at radius 1 is 1.19 bits per heavy atom. The van der Waals surface area contributed by atoms with E-state index in [1.165, 1.54) is 0 Å². The molecule has 0 unspecified atom stereocenters. The first-order chi connectivity index (χ1) is 9.92. The van der Waals surface area contributed by atoms with Gasteiger partial charge in [-0.3, -0.25) is 14.4 Å². The minimum Gasteiger partial charge on any atom is -0.370 e. The number of nitrogens with two attached hydrogens (primary N) is 1. The molecule has 0 saturated heterocycles. The van der Waals surface area contributed by atoms with Crippen LogP contribution in [-0.2, 0) is 14.4 Å². The predicted molar refractivity (Wildman–Crippen MR) is 80.5 cm³/mol. The minimum atomic E-state index is -0.956. The highest BCUT2D eigenvalue weighted by atomic mass is 16.2. The molecule has 3 amide bonds. The summed E-state index contributed by atoms with van der Waals surface area (Å²) in [5.41, 5.74) is 6.79. The first-order valence-electron chi connectivity index (χ1n) is 6.87. The van der Waals surface area contributed by atoms with Gasteiger partial charge >= 0.3 is 0 Å². The van der Waals surface area contributed by atoms with Gasteiger partial charge in [0.1, 0.15) is 6.04 Å². The van der Waals surface area contributed by atoms with Crippen molar-refractivity contribution in [3.05, 3.63) is 29.8 Å². The van der Waals surface area contributed by atoms with E-state index in [2.05, 4.69) is 10.6 Å². The Morgan fingerprint density at radius 2 is 1.81 bits per heavy atom. The fourth-order valence-electron chi connectivity index (χ4n) is 1.77. The van der Waals surface area contributed by atoms with Gasteiger partial charge in [0.2, 0.25) is 17.7 Å². The number of aryl methyl sites for hydroxylation is 1. The molecule has 0 aliphatic carbocycles. The van der Waals surface area contributed by atoms with Gasteiger partial charge in [-0.15, -0.1) is 0 Å². The Balaban J connectivity index is 2.72. The van der Waals surface area contributed by atoms with Crippen LogP contribution in [0.1, 0.15) is 31.7 Å². The Labute approximate surface area is 124 Å². The van der Waals surface area contributed by atoms with E-state index in [0.717, 1.165) is 5.56 Å². The van der Waals surface area contributed by atoms with Crippen molar-refractivity contribution in [3.8, 4) is 0 Å². The second kappa shape index (κ2) is 8.04. The molecule has 4 N–H and O–H groups in total. The molecule has 0 saturated carbocycles. The zero-order valence-electron chi connectivity index (χ0n) is 12.3. The maximum Gasteiger partial charge on any atom is 0.247 e. The van der Waals surface area contributed by atoms with Crippen LogP contribution in [0.2, 0.25) is 0 Å². The first-order valence-corrected chi connectivity index (χ1v) is 6.87. The van der Waals surface area contributed by atoms with Crippen LogP contribution in [0.25, 0.3) is 0 Å². The summed E-state index contributed by atoms with van der Waals surface area (Å²) in [6.45, 7) is 3.79. The lowest BCUT2D eigenvalue weighted by molar-refractivity contribution is -0.128. The summed E-state index contributed by atoms with van der Waals surface area (Å²) in [4.78, 5) is 34.8. The van der Waals surface area contributed by atoms with Crippen LogP contribution in [0.5, 0.6) is 0 Å². The number of hydrogen-bond donors (Lipinski definition) is 3. The van der Waals surface area contributed by atoms with Gasteiger partial charge in [0, 0.05) is 12.1 Å². The van der Waals surface area contributed by atoms with E-state index < -0.39 is 17.9 Å². The lowest BCUT2D eigenvalue weighted by Gasteiger charge is -2.17. The third kappa shape index (κ3) is 6.07. The monoisotopic (exact) mass is 291 g/mol. The number of anilines is 1. The first kappa shape index (κ1) is 16.7. The average Bonchev–Trinajstić information content (AvgIpc) is 2.40. The van der Waals surface area contributed by atoms with E-state index in [0.29, 0.717) is 18.5 Å². The van der Waals surface area contributed by atoms with E-state index in [1.54, 1.807) is 12.1 Å². The molecule has 21 heavy (non-hydrogen) atoms. The lowest BCUT2D eigenvalue weighted by Crippen LogP contribution is -2.45. The number of nitrogens with one attached hydrogen (secondary N) is 2. The fraction of sp³-hybridized carbons (Fsp3) is 0.400. The van der Waals surface area contributed by atoms with Gasteiger partial charge in [-0.05, 0) is 25.5 Å². The standard InChI is InChI=1S/C15H21N3O3/c1-3-4-14(20)18-12(9-13(16)19)15(21)17-11-7-5-10(2)6-8-11/h5-8,12H,3-4,9H2,1-2H3,(H2,16,19)(H,17,21)(H,18,20)/t12-/m1/s1. The van der Waals surface area contributed by atoms with Crippen LogP contribution >= 0.6 is 0 Å². The molecule has 0 fully saturated rings. The summed E-state index contributed by atoms with van der Waals surface area (Å²) in [6, 6.07) is 6.26. The van der Waals surface area contributed by atoms with E-state index in [-0.39, 0.29) is 12.3 Å². The quantitative estimate of drug-likeness (QED) is 0.701. The zero-order chi connectivity index (χ0) is 15.8. The van der Waals surface area contributed by atoms with Gasteiger partial charge in [0.25, 0.3) is 0 Å². The van der Waals surface area contributed by atoms with Crippen molar-refractivity contribution >= 4 is 23.4 Å². The SMILES string of the molecule is CCCC(=O)N[C@H](CC(N)=O)C(=O)Nc1ccc(C)cc1. The molecule has 1 atom stereocenters. The summed E-state index contributed by atoms with van der Waals surface area (Å²) in [6.07, 6.45) is 0.731. The summed E-state index contributed by atoms with van der Waals surface area (Å²) in [5.74, 6) is -1.37. The molecule has 6 nitrogen and oxygen atoms in total. The largest absolute Gasteiger partial charge is 0.370 e. The van der Waals surface area contributed by atoms with Crippen LogP contribution < -0.4 is 16.4 Å². The van der Waals surface area contributed by atoms with Gasteiger partial charge in [-0.2, -0.15) is 0 Å². The topological polar surface area (TPSA) is 101 Å². The molecule has 0 spiro atoms. The van der Waals surface area contributed by atoms with Gasteiger partial charge in [0.15, 0.2) is 0 Å². The number of carbonyl (C=O) groups is 3. The Kier molecular flexibility index (Phi) is 6.39. The number of amides is 3. The van der Waals surface area contributed by atoms with E-state index in [9.17, 15) is 14.4 Å². The van der Waals surface area contributed by atoms with Crippen molar-refractivity contribution in [2.24, 2.45) is 5.73 Å². The second-order valence-electron chi connectivity index (χ2n) is 4.90. The molecule has 0 aliphatic rings. The molecule has 1 aromatic carbocycles. The summed E-state index contributed by atoms with van der Waals surface area (Å²) in [7, 11) is 0. The van der Waals surface area contributed by atoms with Crippen molar-refractivity contribution < 1.29 is 14.4 Å². The molecule has 0 aliphatic heterocycles. The maximum atomic E-state index is 12.1. The molecule has 1 aromatic rings. The molecule has 0 radical (unpaired) electrons. The predicted octanol–water partition coefficient (Wildman–Crippen LogP) is 1.09. The third-order valence-electron chi connectivity index (χ3n) is 2.85. The molecular formula is C15H21N3O3. The third-order valence-corrected chi connectivity index (χ3v) is 2.85. The number of benzene rings is 1. The van der Waals surface area contributed by atoms with Crippen molar-refractivity contribution in [1.29, 1.82) is 0 Å². The highest BCUT2D eigenvalue weighted by molar-refractivity contribution is 5.99. The number of hydrogen-bond acceptors (Lipinski definition) is 3. The Morgan fingerprint density at radius 3 is 2.33 bits per heavy atom. The fourth-order valence-corrected chi connectivity index (χ4v) is 1.77. The van der Waals surface area contributed by atoms with E-state index in [1.807, 2.05) is 26.0 Å². The number of carbonyl (C=O) groups excluding carboxylic acids is 3. The number of rotatable bonds is 7. The smallest absolute Gasteiger partial charge is 0.247 e. The normalized spacial score (nSPS) is 11.5. The van der Waals surface area contributed by atoms with E-state index in [4.69, 9.17) is 5.73 Å². The highest BCUT2D eigenvalue weighted by Crippen LogP contribution is 2.09. The van der Waals surface area contributed by atoms with Crippen LogP contribution in [0.4, 0.5) is 5.69 Å². The van der Waals surface area contributed by atoms with Gasteiger partial charge < -0.3 is 16.4 Å². The van der Waals surface area contributed by atoms with Gasteiger partial charge in [0.05, 0.1) is 6.42 Å². The van der Waals surface area contributed by atoms with Gasteiger partial charge in [-0.1, -0.05) is 24.6 Å². The van der Waals surface area contributed by atoms with Gasteiger partial charge in [-0.25, -0.2) is 0 Å². The summed E-state index contributed by atoms with van der Waals surface area (Å²) < 4.78 is 0. The molecule has 114 valence electrons. The highest BCUT2D eigenvalue weighted by Gasteiger charge is 2.22. The van der Waals surface area contributed by atoms with Crippen LogP contribution in [0.15, 0.2) is 24.3 Å². The van der Waals surface area contributed by atoms with Crippen molar-refractivity contribution in [1.82, 2.24) is 5.32 Å². The molecular weight excluding hydrogens is 270 g/mol. The van der Waals surface area contributed by atoms with Crippen LogP contribution in [-0.4, -0.2) is 23.8 Å². The van der Waals surface area contributed by atoms with E-state index >= 15 is 0 Å². The molecule has 0 bridgehead atoms. The minimum absolute atomic E-state index is 0.229. The summed E-state index contributed by atoms with van der Waals surface area (Å²) in [5, 5.41) is 5.19. The average molecular weight is 291 g/mol.